The second-order valence-corrected chi connectivity index (χ2v) is 9.34. The van der Waals surface area contributed by atoms with E-state index in [2.05, 4.69) is 16.9 Å². The molecule has 0 aliphatic heterocycles. The molecule has 1 atom stereocenters. The fraction of sp³-hybridized carbons (Fsp3) is 0.452. The Balaban J connectivity index is 1.48. The number of hydrogen-bond donors (Lipinski definition) is 0. The number of rotatable bonds is 16. The molecule has 3 aromatic rings. The average Bonchev–Trinajstić information content (AvgIpc) is 2.93. The zero-order valence-corrected chi connectivity index (χ0v) is 22.1. The maximum absolute atomic E-state index is 14.0. The predicted octanol–water partition coefficient (Wildman–Crippen LogP) is 8.37. The van der Waals surface area contributed by atoms with Crippen LogP contribution in [0.4, 0.5) is 4.39 Å². The zero-order valence-electron chi connectivity index (χ0n) is 22.1. The van der Waals surface area contributed by atoms with E-state index < -0.39 is 12.1 Å². The van der Waals surface area contributed by atoms with Crippen LogP contribution in [-0.2, 0) is 4.79 Å². The number of carbonyl (C=O) groups is 1. The van der Waals surface area contributed by atoms with Gasteiger partial charge in [-0.05, 0) is 61.2 Å². The van der Waals surface area contributed by atoms with E-state index in [4.69, 9.17) is 9.47 Å². The lowest BCUT2D eigenvalue weighted by Gasteiger charge is -2.09. The van der Waals surface area contributed by atoms with Crippen molar-refractivity contribution in [1.82, 2.24) is 9.97 Å². The van der Waals surface area contributed by atoms with E-state index in [0.29, 0.717) is 18.0 Å². The van der Waals surface area contributed by atoms with Gasteiger partial charge in [-0.15, -0.1) is 0 Å². The lowest BCUT2D eigenvalue weighted by atomic mass is 10.1. The van der Waals surface area contributed by atoms with Gasteiger partial charge in [-0.25, -0.2) is 19.2 Å². The van der Waals surface area contributed by atoms with Crippen molar-refractivity contribution in [3.05, 3.63) is 60.9 Å². The monoisotopic (exact) mass is 506 g/mol. The van der Waals surface area contributed by atoms with Crippen molar-refractivity contribution in [3.63, 3.8) is 0 Å². The molecule has 0 bridgehead atoms. The van der Waals surface area contributed by atoms with Crippen molar-refractivity contribution in [2.24, 2.45) is 0 Å². The summed E-state index contributed by atoms with van der Waals surface area (Å²) in [4.78, 5) is 20.9. The average molecular weight is 507 g/mol. The summed E-state index contributed by atoms with van der Waals surface area (Å²) in [6.45, 7) is 5.01. The molecule has 0 aliphatic rings. The van der Waals surface area contributed by atoms with E-state index in [0.717, 1.165) is 48.3 Å². The van der Waals surface area contributed by atoms with Crippen LogP contribution in [0.5, 0.6) is 11.5 Å². The first-order chi connectivity index (χ1) is 18.1. The third kappa shape index (κ3) is 9.60. The van der Waals surface area contributed by atoms with Crippen LogP contribution >= 0.6 is 0 Å². The highest BCUT2D eigenvalue weighted by Gasteiger charge is 2.19. The molecule has 0 radical (unpaired) electrons. The van der Waals surface area contributed by atoms with Crippen molar-refractivity contribution >= 4 is 5.97 Å². The third-order valence-corrected chi connectivity index (χ3v) is 6.25. The minimum absolute atomic E-state index is 0.194. The number of alkyl halides is 1. The molecule has 1 unspecified atom stereocenters. The fourth-order valence-corrected chi connectivity index (χ4v) is 3.99. The summed E-state index contributed by atoms with van der Waals surface area (Å²) in [6.07, 6.45) is 12.2. The maximum atomic E-state index is 14.0. The smallest absolute Gasteiger partial charge is 0.346 e. The molecule has 0 fully saturated rings. The summed E-state index contributed by atoms with van der Waals surface area (Å²) in [5.41, 5.74) is 2.71. The van der Waals surface area contributed by atoms with Crippen molar-refractivity contribution in [2.75, 3.05) is 6.61 Å². The summed E-state index contributed by atoms with van der Waals surface area (Å²) >= 11 is 0. The van der Waals surface area contributed by atoms with Gasteiger partial charge in [0, 0.05) is 23.5 Å². The number of carbonyl (C=O) groups excluding carboxylic acids is 1. The van der Waals surface area contributed by atoms with E-state index >= 15 is 0 Å². The van der Waals surface area contributed by atoms with Crippen LogP contribution < -0.4 is 9.47 Å². The SMILES string of the molecule is CCCCCCCCOc1ccc(-c2cnc(-c3ccc(OC(=O)C(F)CCCCC)cc3)nc2)cc1. The normalized spacial score (nSPS) is 11.8. The molecule has 3 rings (SSSR count). The Kier molecular flexibility index (Phi) is 12.0. The number of esters is 1. The Morgan fingerprint density at radius 1 is 0.730 bits per heavy atom. The number of aromatic nitrogens is 2. The third-order valence-electron chi connectivity index (χ3n) is 6.25. The molecule has 0 amide bonds. The number of nitrogens with zero attached hydrogens (tertiary/aromatic N) is 2. The molecular formula is C31H39FN2O3. The maximum Gasteiger partial charge on any atom is 0.346 e. The summed E-state index contributed by atoms with van der Waals surface area (Å²) in [6, 6.07) is 14.8. The van der Waals surface area contributed by atoms with Crippen LogP contribution in [0.1, 0.15) is 78.1 Å². The highest BCUT2D eigenvalue weighted by atomic mass is 19.1. The van der Waals surface area contributed by atoms with E-state index in [9.17, 15) is 9.18 Å². The molecule has 0 N–H and O–H groups in total. The second kappa shape index (κ2) is 15.7. The Labute approximate surface area is 220 Å². The number of ether oxygens (including phenoxy) is 2. The second-order valence-electron chi connectivity index (χ2n) is 9.34. The van der Waals surface area contributed by atoms with Gasteiger partial charge in [0.2, 0.25) is 0 Å². The molecule has 1 heterocycles. The summed E-state index contributed by atoms with van der Waals surface area (Å²) in [7, 11) is 0. The van der Waals surface area contributed by atoms with Crippen LogP contribution in [0, 0.1) is 0 Å². The first-order valence-corrected chi connectivity index (χ1v) is 13.6. The van der Waals surface area contributed by atoms with Gasteiger partial charge in [0.05, 0.1) is 6.61 Å². The standard InChI is InChI=1S/C31H39FN2O3/c1-3-5-7-8-9-11-21-36-27-17-13-24(14-18-27)26-22-33-30(34-23-26)25-15-19-28(20-16-25)37-31(35)29(32)12-10-6-4-2/h13-20,22-23,29H,3-12,21H2,1-2H3. The van der Waals surface area contributed by atoms with Crippen molar-refractivity contribution in [3.8, 4) is 34.0 Å². The van der Waals surface area contributed by atoms with Gasteiger partial charge >= 0.3 is 5.97 Å². The Bertz CT molecular complexity index is 1050. The molecule has 0 spiro atoms. The molecule has 0 saturated carbocycles. The van der Waals surface area contributed by atoms with Crippen LogP contribution in [0.3, 0.4) is 0 Å². The molecule has 0 aliphatic carbocycles. The van der Waals surface area contributed by atoms with E-state index in [-0.39, 0.29) is 6.42 Å². The summed E-state index contributed by atoms with van der Waals surface area (Å²) in [5.74, 6) is 0.893. The topological polar surface area (TPSA) is 61.3 Å². The molecule has 37 heavy (non-hydrogen) atoms. The zero-order chi connectivity index (χ0) is 26.3. The van der Waals surface area contributed by atoms with Crippen LogP contribution in [0.2, 0.25) is 0 Å². The highest BCUT2D eigenvalue weighted by molar-refractivity contribution is 5.77. The Morgan fingerprint density at radius 3 is 1.97 bits per heavy atom. The van der Waals surface area contributed by atoms with E-state index in [1.165, 1.54) is 32.1 Å². The molecule has 198 valence electrons. The van der Waals surface area contributed by atoms with Crippen molar-refractivity contribution in [2.45, 2.75) is 84.2 Å². The first-order valence-electron chi connectivity index (χ1n) is 13.6. The molecule has 5 nitrogen and oxygen atoms in total. The van der Waals surface area contributed by atoms with Crippen LogP contribution in [0.25, 0.3) is 22.5 Å². The molecule has 2 aromatic carbocycles. The number of halogens is 1. The predicted molar refractivity (Wildman–Crippen MR) is 146 cm³/mol. The molecule has 1 aromatic heterocycles. The highest BCUT2D eigenvalue weighted by Crippen LogP contribution is 2.24. The Hall–Kier alpha value is -3.28. The van der Waals surface area contributed by atoms with Crippen molar-refractivity contribution in [1.29, 1.82) is 0 Å². The first kappa shape index (κ1) is 28.3. The van der Waals surface area contributed by atoms with E-state index in [1.807, 2.05) is 31.2 Å². The quantitative estimate of drug-likeness (QED) is 0.111. The van der Waals surface area contributed by atoms with Gasteiger partial charge in [0.15, 0.2) is 12.0 Å². The van der Waals surface area contributed by atoms with Crippen LogP contribution in [-0.4, -0.2) is 28.7 Å². The van der Waals surface area contributed by atoms with Crippen LogP contribution in [0.15, 0.2) is 60.9 Å². The Morgan fingerprint density at radius 2 is 1.30 bits per heavy atom. The lowest BCUT2D eigenvalue weighted by Crippen LogP contribution is -2.21. The van der Waals surface area contributed by atoms with Gasteiger partial charge < -0.3 is 9.47 Å². The number of hydrogen-bond acceptors (Lipinski definition) is 5. The summed E-state index contributed by atoms with van der Waals surface area (Å²) in [5, 5.41) is 0. The van der Waals surface area contributed by atoms with Crippen molar-refractivity contribution < 1.29 is 18.7 Å². The molecule has 0 saturated heterocycles. The molecule has 6 heteroatoms. The largest absolute Gasteiger partial charge is 0.494 e. The van der Waals surface area contributed by atoms with E-state index in [1.54, 1.807) is 36.7 Å². The number of benzene rings is 2. The minimum atomic E-state index is -1.59. The fourth-order valence-electron chi connectivity index (χ4n) is 3.99. The van der Waals surface area contributed by atoms with Gasteiger partial charge in [0.25, 0.3) is 0 Å². The van der Waals surface area contributed by atoms with Gasteiger partial charge in [0.1, 0.15) is 11.5 Å². The van der Waals surface area contributed by atoms with Gasteiger partial charge in [-0.2, -0.15) is 0 Å². The lowest BCUT2D eigenvalue weighted by molar-refractivity contribution is -0.140. The van der Waals surface area contributed by atoms with Gasteiger partial charge in [-0.1, -0.05) is 70.9 Å². The molecular weight excluding hydrogens is 467 g/mol. The van der Waals surface area contributed by atoms with Gasteiger partial charge in [-0.3, -0.25) is 0 Å². The number of unbranched alkanes of at least 4 members (excludes halogenated alkanes) is 7. The minimum Gasteiger partial charge on any atom is -0.494 e. The summed E-state index contributed by atoms with van der Waals surface area (Å²) < 4.78 is 25.0.